The Balaban J connectivity index is 2.36. The summed E-state index contributed by atoms with van der Waals surface area (Å²) in [6.07, 6.45) is 0. The monoisotopic (exact) mass is 261 g/mol. The van der Waals surface area contributed by atoms with E-state index in [0.29, 0.717) is 0 Å². The van der Waals surface area contributed by atoms with Gasteiger partial charge in [-0.1, -0.05) is 38.8 Å². The van der Waals surface area contributed by atoms with Gasteiger partial charge in [0.15, 0.2) is 0 Å². The molecule has 104 valence electrons. The highest BCUT2D eigenvalue weighted by Gasteiger charge is 2.79. The molecule has 0 aromatic rings. The number of carbonyl (C=O) groups excluding carboxylic acids is 2. The summed E-state index contributed by atoms with van der Waals surface area (Å²) >= 11 is 0. The third kappa shape index (κ3) is 0.888. The third-order valence-corrected chi connectivity index (χ3v) is 7.49. The van der Waals surface area contributed by atoms with Crippen LogP contribution in [0.1, 0.15) is 41.5 Å². The van der Waals surface area contributed by atoms with Crippen molar-refractivity contribution in [2.75, 3.05) is 7.05 Å². The van der Waals surface area contributed by atoms with Crippen molar-refractivity contribution in [3.63, 3.8) is 0 Å². The molecule has 0 spiro atoms. The lowest BCUT2D eigenvalue weighted by Crippen LogP contribution is -2.43. The van der Waals surface area contributed by atoms with Crippen molar-refractivity contribution >= 4 is 11.8 Å². The van der Waals surface area contributed by atoms with E-state index in [2.05, 4.69) is 41.5 Å². The van der Waals surface area contributed by atoms with E-state index in [9.17, 15) is 9.59 Å². The topological polar surface area (TPSA) is 37.4 Å². The molecule has 0 aromatic carbocycles. The zero-order valence-corrected chi connectivity index (χ0v) is 12.9. The van der Waals surface area contributed by atoms with Crippen molar-refractivity contribution < 1.29 is 9.59 Å². The number of imide groups is 1. The Morgan fingerprint density at radius 1 is 0.842 bits per heavy atom. The summed E-state index contributed by atoms with van der Waals surface area (Å²) in [6, 6.07) is 0. The Labute approximate surface area is 115 Å². The van der Waals surface area contributed by atoms with Crippen LogP contribution in [0.3, 0.4) is 0 Å². The molecule has 1 saturated carbocycles. The van der Waals surface area contributed by atoms with Crippen LogP contribution in [0.25, 0.3) is 0 Å². The first kappa shape index (κ1) is 12.9. The molecule has 2 bridgehead atoms. The average Bonchev–Trinajstić information content (AvgIpc) is 2.69. The van der Waals surface area contributed by atoms with Gasteiger partial charge in [0.1, 0.15) is 0 Å². The predicted octanol–water partition coefficient (Wildman–Crippen LogP) is 2.62. The second kappa shape index (κ2) is 2.97. The summed E-state index contributed by atoms with van der Waals surface area (Å²) in [5.74, 6) is -0.315. The third-order valence-electron chi connectivity index (χ3n) is 7.49. The highest BCUT2D eigenvalue weighted by molar-refractivity contribution is 6.07. The molecule has 19 heavy (non-hydrogen) atoms. The Morgan fingerprint density at radius 3 is 1.47 bits per heavy atom. The SMILES string of the molecule is CC1=C(C)C2(C)[C@H]3C(=O)N(C)C(=O)[C@H]3C1(C)C2(C)C. The second-order valence-corrected chi connectivity index (χ2v) is 7.47. The van der Waals surface area contributed by atoms with Gasteiger partial charge in [0.2, 0.25) is 11.8 Å². The molecule has 1 heterocycles. The molecule has 3 aliphatic rings. The Bertz CT molecular complexity index is 513. The van der Waals surface area contributed by atoms with Crippen molar-refractivity contribution in [2.24, 2.45) is 28.1 Å². The predicted molar refractivity (Wildman–Crippen MR) is 73.1 cm³/mol. The summed E-state index contributed by atoms with van der Waals surface area (Å²) in [4.78, 5) is 26.5. The van der Waals surface area contributed by atoms with Gasteiger partial charge in [-0.3, -0.25) is 14.5 Å². The van der Waals surface area contributed by atoms with Crippen LogP contribution in [-0.4, -0.2) is 23.8 Å². The Kier molecular flexibility index (Phi) is 2.01. The Hall–Kier alpha value is -1.12. The number of carbonyl (C=O) groups is 2. The number of allylic oxidation sites excluding steroid dienone is 2. The lowest BCUT2D eigenvalue weighted by molar-refractivity contribution is -0.141. The number of rotatable bonds is 0. The fourth-order valence-electron chi connectivity index (χ4n) is 5.47. The number of hydrogen-bond acceptors (Lipinski definition) is 2. The molecule has 3 rings (SSSR count). The first-order valence-corrected chi connectivity index (χ1v) is 7.04. The van der Waals surface area contributed by atoms with Crippen molar-refractivity contribution in [3.05, 3.63) is 11.1 Å². The summed E-state index contributed by atoms with van der Waals surface area (Å²) in [5.41, 5.74) is 2.17. The molecule has 0 N–H and O–H groups in total. The molecule has 4 atom stereocenters. The quantitative estimate of drug-likeness (QED) is 0.496. The summed E-state index contributed by atoms with van der Waals surface area (Å²) in [6.45, 7) is 13.1. The van der Waals surface area contributed by atoms with Gasteiger partial charge in [-0.15, -0.1) is 0 Å². The van der Waals surface area contributed by atoms with E-state index in [1.165, 1.54) is 16.0 Å². The van der Waals surface area contributed by atoms with Gasteiger partial charge in [0.05, 0.1) is 11.8 Å². The lowest BCUT2D eigenvalue weighted by atomic mass is 9.61. The van der Waals surface area contributed by atoms with Crippen molar-refractivity contribution in [1.82, 2.24) is 4.90 Å². The maximum Gasteiger partial charge on any atom is 0.233 e. The van der Waals surface area contributed by atoms with Gasteiger partial charge >= 0.3 is 0 Å². The van der Waals surface area contributed by atoms with Crippen LogP contribution < -0.4 is 0 Å². The van der Waals surface area contributed by atoms with Crippen molar-refractivity contribution in [3.8, 4) is 0 Å². The molecule has 2 unspecified atom stereocenters. The molecule has 2 aliphatic carbocycles. The van der Waals surface area contributed by atoms with Crippen molar-refractivity contribution in [2.45, 2.75) is 41.5 Å². The first-order chi connectivity index (χ1) is 8.54. The normalized spacial score (nSPS) is 47.4. The summed E-state index contributed by atoms with van der Waals surface area (Å²) in [5, 5.41) is 0. The van der Waals surface area contributed by atoms with E-state index in [-0.39, 0.29) is 39.9 Å². The second-order valence-electron chi connectivity index (χ2n) is 7.47. The Morgan fingerprint density at radius 2 is 1.16 bits per heavy atom. The van der Waals surface area contributed by atoms with Gasteiger partial charge in [-0.25, -0.2) is 0 Å². The lowest BCUT2D eigenvalue weighted by Gasteiger charge is -2.43. The number of likely N-dealkylation sites (tertiary alicyclic amines) is 1. The van der Waals surface area contributed by atoms with Crippen LogP contribution in [0, 0.1) is 28.1 Å². The fraction of sp³-hybridized carbons (Fsp3) is 0.750. The van der Waals surface area contributed by atoms with Gasteiger partial charge in [0.25, 0.3) is 0 Å². The fourth-order valence-corrected chi connectivity index (χ4v) is 5.47. The molecular weight excluding hydrogens is 238 g/mol. The van der Waals surface area contributed by atoms with E-state index >= 15 is 0 Å². The minimum atomic E-state index is -0.200. The number of hydrogen-bond donors (Lipinski definition) is 0. The molecule has 1 aliphatic heterocycles. The molecule has 3 heteroatoms. The van der Waals surface area contributed by atoms with Gasteiger partial charge in [-0.05, 0) is 19.3 Å². The molecule has 2 amide bonds. The smallest absolute Gasteiger partial charge is 0.233 e. The van der Waals surface area contributed by atoms with Crippen LogP contribution >= 0.6 is 0 Å². The number of amides is 2. The molecule has 2 fully saturated rings. The number of fused-ring (bicyclic) bond motifs is 5. The van der Waals surface area contributed by atoms with E-state index < -0.39 is 0 Å². The number of nitrogens with zero attached hydrogens (tertiary/aromatic N) is 1. The molecule has 0 radical (unpaired) electrons. The minimum absolute atomic E-state index is 0.0150. The van der Waals surface area contributed by atoms with Crippen LogP contribution in [-0.2, 0) is 9.59 Å². The van der Waals surface area contributed by atoms with Crippen LogP contribution in [0.2, 0.25) is 0 Å². The van der Waals surface area contributed by atoms with Gasteiger partial charge < -0.3 is 0 Å². The average molecular weight is 261 g/mol. The van der Waals surface area contributed by atoms with Crippen LogP contribution in [0.15, 0.2) is 11.1 Å². The molecule has 0 aromatic heterocycles. The van der Waals surface area contributed by atoms with Crippen LogP contribution in [0.5, 0.6) is 0 Å². The minimum Gasteiger partial charge on any atom is -0.285 e. The van der Waals surface area contributed by atoms with Crippen molar-refractivity contribution in [1.29, 1.82) is 0 Å². The highest BCUT2D eigenvalue weighted by atomic mass is 16.2. The van der Waals surface area contributed by atoms with E-state index in [4.69, 9.17) is 0 Å². The maximum absolute atomic E-state index is 12.6. The standard InChI is InChI=1S/C16H23NO2/c1-8-9(2)16(6)11-10(12(18)17(7)13(11)19)15(8,5)14(16,3)4/h10-11H,1-7H3/t10-,11+,15?,16?. The first-order valence-electron chi connectivity index (χ1n) is 7.04. The summed E-state index contributed by atoms with van der Waals surface area (Å²) in [7, 11) is 1.63. The largest absolute Gasteiger partial charge is 0.285 e. The van der Waals surface area contributed by atoms with Crippen LogP contribution in [0.4, 0.5) is 0 Å². The van der Waals surface area contributed by atoms with Gasteiger partial charge in [-0.2, -0.15) is 0 Å². The molecular formula is C16H23NO2. The molecule has 1 saturated heterocycles. The van der Waals surface area contributed by atoms with Gasteiger partial charge in [0, 0.05) is 17.9 Å². The zero-order chi connectivity index (χ0) is 14.5. The zero-order valence-electron chi connectivity index (χ0n) is 12.9. The summed E-state index contributed by atoms with van der Waals surface area (Å²) < 4.78 is 0. The molecule has 3 nitrogen and oxygen atoms in total. The highest BCUT2D eigenvalue weighted by Crippen LogP contribution is 2.79. The van der Waals surface area contributed by atoms with E-state index in [0.717, 1.165) is 0 Å². The van der Waals surface area contributed by atoms with E-state index in [1.807, 2.05) is 0 Å². The van der Waals surface area contributed by atoms with E-state index in [1.54, 1.807) is 7.05 Å². The maximum atomic E-state index is 12.6.